The summed E-state index contributed by atoms with van der Waals surface area (Å²) in [5.41, 5.74) is 0.668. The van der Waals surface area contributed by atoms with Crippen LogP contribution in [0.2, 0.25) is 5.02 Å². The highest BCUT2D eigenvalue weighted by atomic mass is 35.5. The monoisotopic (exact) mass is 232 g/mol. The van der Waals surface area contributed by atoms with Gasteiger partial charge in [-0.3, -0.25) is 4.79 Å². The third-order valence-corrected chi connectivity index (χ3v) is 2.28. The van der Waals surface area contributed by atoms with Gasteiger partial charge in [0.05, 0.1) is 11.4 Å². The zero-order chi connectivity index (χ0) is 11.4. The highest BCUT2D eigenvalue weighted by Gasteiger charge is 2.07. The summed E-state index contributed by atoms with van der Waals surface area (Å²) in [4.78, 5) is 19.7. The minimum Gasteiger partial charge on any atom is -0.294 e. The lowest BCUT2D eigenvalue weighted by Gasteiger charge is -1.99. The summed E-state index contributed by atoms with van der Waals surface area (Å²) in [6, 6.07) is 9.08. The summed E-state index contributed by atoms with van der Waals surface area (Å²) in [5.74, 6) is 0.487. The molecule has 0 radical (unpaired) electrons. The first-order chi connectivity index (χ1) is 7.75. The molecule has 0 spiro atoms. The van der Waals surface area contributed by atoms with Crippen LogP contribution in [0, 0.1) is 0 Å². The van der Waals surface area contributed by atoms with Crippen molar-refractivity contribution in [3.8, 4) is 0 Å². The van der Waals surface area contributed by atoms with E-state index in [4.69, 9.17) is 11.6 Å². The fraction of sp³-hybridized carbons (Fsp3) is 0.0833. The molecule has 1 heterocycles. The number of hydrogen-bond donors (Lipinski definition) is 0. The van der Waals surface area contributed by atoms with Crippen LogP contribution in [-0.2, 0) is 6.42 Å². The zero-order valence-corrected chi connectivity index (χ0v) is 9.19. The number of halogens is 1. The molecule has 1 aromatic carbocycles. The number of aromatic nitrogens is 2. The van der Waals surface area contributed by atoms with Gasteiger partial charge in [0, 0.05) is 18.0 Å². The molecule has 0 bridgehead atoms. The van der Waals surface area contributed by atoms with E-state index in [-0.39, 0.29) is 12.2 Å². The summed E-state index contributed by atoms with van der Waals surface area (Å²) < 4.78 is 0. The van der Waals surface area contributed by atoms with E-state index in [1.54, 1.807) is 12.1 Å². The minimum absolute atomic E-state index is 0.00271. The molecule has 4 heteroatoms. The highest BCUT2D eigenvalue weighted by molar-refractivity contribution is 6.30. The minimum atomic E-state index is 0.00271. The number of Topliss-reactive ketones (excluding diaryl/α,β-unsaturated/α-hetero) is 1. The van der Waals surface area contributed by atoms with Crippen molar-refractivity contribution in [1.82, 2.24) is 9.97 Å². The number of hydrogen-bond acceptors (Lipinski definition) is 3. The van der Waals surface area contributed by atoms with Crippen LogP contribution in [0.5, 0.6) is 0 Å². The maximum Gasteiger partial charge on any atom is 0.170 e. The van der Waals surface area contributed by atoms with E-state index in [9.17, 15) is 4.79 Å². The largest absolute Gasteiger partial charge is 0.294 e. The Labute approximate surface area is 98.1 Å². The molecule has 2 aromatic rings. The second-order valence-electron chi connectivity index (χ2n) is 3.28. The molecule has 80 valence electrons. The van der Waals surface area contributed by atoms with E-state index in [0.29, 0.717) is 16.4 Å². The topological polar surface area (TPSA) is 42.9 Å². The van der Waals surface area contributed by atoms with Crippen molar-refractivity contribution >= 4 is 17.4 Å². The van der Waals surface area contributed by atoms with E-state index >= 15 is 0 Å². The predicted octanol–water partition coefficient (Wildman–Crippen LogP) is 2.56. The Hall–Kier alpha value is -1.74. The number of carbonyl (C=O) groups is 1. The fourth-order valence-corrected chi connectivity index (χ4v) is 1.40. The lowest BCUT2D eigenvalue weighted by atomic mass is 10.1. The molecule has 0 aliphatic rings. The van der Waals surface area contributed by atoms with Crippen molar-refractivity contribution in [2.24, 2.45) is 0 Å². The molecule has 0 aliphatic heterocycles. The third-order valence-electron chi connectivity index (χ3n) is 2.09. The molecular weight excluding hydrogens is 224 g/mol. The summed E-state index contributed by atoms with van der Waals surface area (Å²) in [5, 5.41) is 0.468. The van der Waals surface area contributed by atoms with E-state index in [1.165, 1.54) is 12.4 Å². The molecule has 0 atom stereocenters. The van der Waals surface area contributed by atoms with Gasteiger partial charge in [-0.25, -0.2) is 9.97 Å². The van der Waals surface area contributed by atoms with Gasteiger partial charge in [0.15, 0.2) is 5.78 Å². The number of rotatable bonds is 3. The SMILES string of the molecule is O=C(Cc1ncc(Cl)cn1)c1ccccc1. The van der Waals surface area contributed by atoms with Gasteiger partial charge in [-0.1, -0.05) is 41.9 Å². The van der Waals surface area contributed by atoms with Crippen LogP contribution in [0.15, 0.2) is 42.7 Å². The summed E-state index contributed by atoms with van der Waals surface area (Å²) in [6.07, 6.45) is 3.17. The van der Waals surface area contributed by atoms with E-state index in [2.05, 4.69) is 9.97 Å². The van der Waals surface area contributed by atoms with Crippen LogP contribution in [0.25, 0.3) is 0 Å². The molecule has 1 aromatic heterocycles. The van der Waals surface area contributed by atoms with Gasteiger partial charge >= 0.3 is 0 Å². The second kappa shape index (κ2) is 4.86. The fourth-order valence-electron chi connectivity index (χ4n) is 1.30. The van der Waals surface area contributed by atoms with Crippen LogP contribution < -0.4 is 0 Å². The first-order valence-corrected chi connectivity index (χ1v) is 5.18. The Bertz CT molecular complexity index is 482. The first kappa shape index (κ1) is 10.8. The Kier molecular flexibility index (Phi) is 3.27. The Balaban J connectivity index is 2.11. The molecule has 0 N–H and O–H groups in total. The van der Waals surface area contributed by atoms with E-state index in [1.807, 2.05) is 18.2 Å². The molecule has 0 saturated heterocycles. The molecule has 0 unspecified atom stereocenters. The maximum absolute atomic E-state index is 11.8. The predicted molar refractivity (Wildman–Crippen MR) is 61.5 cm³/mol. The smallest absolute Gasteiger partial charge is 0.170 e. The molecular formula is C12H9ClN2O. The van der Waals surface area contributed by atoms with E-state index < -0.39 is 0 Å². The van der Waals surface area contributed by atoms with Crippen LogP contribution in [0.3, 0.4) is 0 Å². The van der Waals surface area contributed by atoms with Gasteiger partial charge in [0.1, 0.15) is 5.82 Å². The van der Waals surface area contributed by atoms with Crippen LogP contribution in [0.4, 0.5) is 0 Å². The third kappa shape index (κ3) is 2.64. The van der Waals surface area contributed by atoms with Crippen molar-refractivity contribution in [1.29, 1.82) is 0 Å². The Morgan fingerprint density at radius 3 is 2.38 bits per heavy atom. The molecule has 0 aliphatic carbocycles. The highest BCUT2D eigenvalue weighted by Crippen LogP contribution is 2.06. The van der Waals surface area contributed by atoms with E-state index in [0.717, 1.165) is 0 Å². The van der Waals surface area contributed by atoms with Crippen LogP contribution in [0.1, 0.15) is 16.2 Å². The van der Waals surface area contributed by atoms with Crippen LogP contribution in [-0.4, -0.2) is 15.8 Å². The number of benzene rings is 1. The van der Waals surface area contributed by atoms with Gasteiger partial charge in [-0.15, -0.1) is 0 Å². The quantitative estimate of drug-likeness (QED) is 0.764. The zero-order valence-electron chi connectivity index (χ0n) is 8.43. The van der Waals surface area contributed by atoms with Crippen LogP contribution >= 0.6 is 11.6 Å². The standard InChI is InChI=1S/C12H9ClN2O/c13-10-7-14-12(15-8-10)6-11(16)9-4-2-1-3-5-9/h1-5,7-8H,6H2. The summed E-state index contributed by atoms with van der Waals surface area (Å²) in [6.45, 7) is 0. The van der Waals surface area contributed by atoms with Crippen molar-refractivity contribution in [3.05, 3.63) is 59.1 Å². The van der Waals surface area contributed by atoms with Gasteiger partial charge in [-0.2, -0.15) is 0 Å². The second-order valence-corrected chi connectivity index (χ2v) is 3.72. The van der Waals surface area contributed by atoms with Crippen molar-refractivity contribution in [2.75, 3.05) is 0 Å². The average Bonchev–Trinajstić information content (AvgIpc) is 2.33. The molecule has 16 heavy (non-hydrogen) atoms. The van der Waals surface area contributed by atoms with Crippen molar-refractivity contribution in [3.63, 3.8) is 0 Å². The average molecular weight is 233 g/mol. The molecule has 0 fully saturated rings. The van der Waals surface area contributed by atoms with Gasteiger partial charge in [-0.05, 0) is 0 Å². The molecule has 2 rings (SSSR count). The Morgan fingerprint density at radius 2 is 1.75 bits per heavy atom. The Morgan fingerprint density at radius 1 is 1.12 bits per heavy atom. The molecule has 0 saturated carbocycles. The lowest BCUT2D eigenvalue weighted by Crippen LogP contribution is -2.06. The molecule has 0 amide bonds. The van der Waals surface area contributed by atoms with Crippen molar-refractivity contribution in [2.45, 2.75) is 6.42 Å². The van der Waals surface area contributed by atoms with Gasteiger partial charge in [0.25, 0.3) is 0 Å². The summed E-state index contributed by atoms with van der Waals surface area (Å²) in [7, 11) is 0. The number of nitrogens with zero attached hydrogens (tertiary/aromatic N) is 2. The number of ketones is 1. The molecule has 3 nitrogen and oxygen atoms in total. The van der Waals surface area contributed by atoms with Gasteiger partial charge in [0.2, 0.25) is 0 Å². The maximum atomic E-state index is 11.8. The van der Waals surface area contributed by atoms with Gasteiger partial charge < -0.3 is 0 Å². The summed E-state index contributed by atoms with van der Waals surface area (Å²) >= 11 is 5.66. The number of carbonyl (C=O) groups excluding carboxylic acids is 1. The normalized spacial score (nSPS) is 10.1. The first-order valence-electron chi connectivity index (χ1n) is 4.80. The lowest BCUT2D eigenvalue weighted by molar-refractivity contribution is 0.0991. The van der Waals surface area contributed by atoms with Crippen molar-refractivity contribution < 1.29 is 4.79 Å².